The number of aromatic amines is 1. The fraction of sp³-hybridized carbons (Fsp3) is 0.263. The summed E-state index contributed by atoms with van der Waals surface area (Å²) in [5.74, 6) is 0.778. The van der Waals surface area contributed by atoms with Crippen molar-refractivity contribution in [2.24, 2.45) is 0 Å². The van der Waals surface area contributed by atoms with Gasteiger partial charge in [-0.3, -0.25) is 4.79 Å². The standard InChI is InChI=1S/C19H20N4O4S2/c1-27-16-5-3-2-4-15(16)22-10-12-23(13-11-22)29(25,26)19-9-7-17(28-19)14-6-8-18(24)21-20-14/h2-9H,10-13H2,1H3,(H,21,24). The maximum atomic E-state index is 13.1. The van der Waals surface area contributed by atoms with Crippen LogP contribution in [0.5, 0.6) is 5.75 Å². The van der Waals surface area contributed by atoms with Crippen molar-refractivity contribution in [3.63, 3.8) is 0 Å². The van der Waals surface area contributed by atoms with Crippen molar-refractivity contribution in [3.05, 3.63) is 58.9 Å². The second kappa shape index (κ2) is 7.97. The molecule has 2 aromatic heterocycles. The first-order chi connectivity index (χ1) is 14.0. The number of nitrogens with zero attached hydrogens (tertiary/aromatic N) is 3. The van der Waals surface area contributed by atoms with Crippen LogP contribution in [-0.4, -0.2) is 56.2 Å². The highest BCUT2D eigenvalue weighted by atomic mass is 32.2. The van der Waals surface area contributed by atoms with E-state index in [-0.39, 0.29) is 9.77 Å². The summed E-state index contributed by atoms with van der Waals surface area (Å²) in [6, 6.07) is 14.0. The second-order valence-corrected chi connectivity index (χ2v) is 9.74. The third-order valence-corrected chi connectivity index (χ3v) is 8.25. The zero-order chi connectivity index (χ0) is 20.4. The number of hydrogen-bond donors (Lipinski definition) is 1. The Morgan fingerprint density at radius 3 is 2.48 bits per heavy atom. The lowest BCUT2D eigenvalue weighted by atomic mass is 10.2. The smallest absolute Gasteiger partial charge is 0.264 e. The Morgan fingerprint density at radius 1 is 1.03 bits per heavy atom. The zero-order valence-corrected chi connectivity index (χ0v) is 17.4. The quantitative estimate of drug-likeness (QED) is 0.663. The number of ether oxygens (including phenoxy) is 1. The Labute approximate surface area is 172 Å². The monoisotopic (exact) mass is 432 g/mol. The van der Waals surface area contributed by atoms with Gasteiger partial charge in [0, 0.05) is 32.2 Å². The molecule has 10 heteroatoms. The van der Waals surface area contributed by atoms with Gasteiger partial charge in [-0.05, 0) is 30.3 Å². The first-order valence-corrected chi connectivity index (χ1v) is 11.3. The summed E-state index contributed by atoms with van der Waals surface area (Å²) in [7, 11) is -1.95. The molecule has 0 atom stereocenters. The maximum Gasteiger partial charge on any atom is 0.264 e. The molecule has 8 nitrogen and oxygen atoms in total. The van der Waals surface area contributed by atoms with E-state index < -0.39 is 10.0 Å². The van der Waals surface area contributed by atoms with Crippen molar-refractivity contribution in [1.29, 1.82) is 0 Å². The molecule has 4 rings (SSSR count). The third kappa shape index (κ3) is 3.91. The molecule has 0 saturated carbocycles. The highest BCUT2D eigenvalue weighted by Gasteiger charge is 2.30. The fourth-order valence-electron chi connectivity index (χ4n) is 3.27. The van der Waals surface area contributed by atoms with E-state index in [0.717, 1.165) is 22.8 Å². The molecule has 0 amide bonds. The normalized spacial score (nSPS) is 15.4. The number of methoxy groups -OCH3 is 1. The number of para-hydroxylation sites is 2. The summed E-state index contributed by atoms with van der Waals surface area (Å²) in [4.78, 5) is 14.0. The van der Waals surface area contributed by atoms with E-state index in [9.17, 15) is 13.2 Å². The van der Waals surface area contributed by atoms with E-state index in [1.165, 1.54) is 10.4 Å². The van der Waals surface area contributed by atoms with Crippen LogP contribution in [-0.2, 0) is 10.0 Å². The average molecular weight is 433 g/mol. The highest BCUT2D eigenvalue weighted by Crippen LogP contribution is 2.33. The van der Waals surface area contributed by atoms with E-state index in [4.69, 9.17) is 4.74 Å². The number of rotatable bonds is 5. The molecule has 0 radical (unpaired) electrons. The van der Waals surface area contributed by atoms with Crippen LogP contribution in [0.1, 0.15) is 0 Å². The molecule has 0 spiro atoms. The number of thiophene rings is 1. The number of H-pyrrole nitrogens is 1. The lowest BCUT2D eigenvalue weighted by Crippen LogP contribution is -2.48. The molecule has 1 aromatic carbocycles. The largest absolute Gasteiger partial charge is 0.495 e. The van der Waals surface area contributed by atoms with Gasteiger partial charge in [-0.2, -0.15) is 9.40 Å². The minimum Gasteiger partial charge on any atom is -0.495 e. The Kier molecular flexibility index (Phi) is 5.39. The molecule has 1 saturated heterocycles. The van der Waals surface area contributed by atoms with E-state index in [2.05, 4.69) is 15.1 Å². The number of piperazine rings is 1. The van der Waals surface area contributed by atoms with Gasteiger partial charge in [0.15, 0.2) is 0 Å². The van der Waals surface area contributed by atoms with Gasteiger partial charge in [0.2, 0.25) is 0 Å². The van der Waals surface area contributed by atoms with Crippen LogP contribution in [0.3, 0.4) is 0 Å². The number of benzene rings is 1. The zero-order valence-electron chi connectivity index (χ0n) is 15.7. The van der Waals surface area contributed by atoms with E-state index >= 15 is 0 Å². The molecule has 1 N–H and O–H groups in total. The Bertz CT molecular complexity index is 1140. The van der Waals surface area contributed by atoms with Crippen LogP contribution in [0.2, 0.25) is 0 Å². The van der Waals surface area contributed by atoms with Crippen LogP contribution in [0.25, 0.3) is 10.6 Å². The minimum atomic E-state index is -3.58. The van der Waals surface area contributed by atoms with Crippen molar-refractivity contribution in [2.75, 3.05) is 38.2 Å². The molecule has 0 unspecified atom stereocenters. The molecule has 29 heavy (non-hydrogen) atoms. The van der Waals surface area contributed by atoms with Crippen molar-refractivity contribution >= 4 is 27.0 Å². The number of hydrogen-bond acceptors (Lipinski definition) is 7. The summed E-state index contributed by atoms with van der Waals surface area (Å²) >= 11 is 1.15. The average Bonchev–Trinajstić information content (AvgIpc) is 3.25. The number of nitrogens with one attached hydrogen (secondary N) is 1. The molecule has 1 fully saturated rings. The Morgan fingerprint density at radius 2 is 1.79 bits per heavy atom. The van der Waals surface area contributed by atoms with Crippen LogP contribution < -0.4 is 15.2 Å². The third-order valence-electron chi connectivity index (χ3n) is 4.77. The molecule has 3 heterocycles. The number of sulfonamides is 1. The van der Waals surface area contributed by atoms with Gasteiger partial charge in [0.05, 0.1) is 17.7 Å². The number of anilines is 1. The molecular weight excluding hydrogens is 412 g/mol. The molecule has 3 aromatic rings. The molecule has 0 bridgehead atoms. The molecule has 1 aliphatic rings. The summed E-state index contributed by atoms with van der Waals surface area (Å²) in [5, 5.41) is 6.33. The van der Waals surface area contributed by atoms with Gasteiger partial charge in [-0.1, -0.05) is 12.1 Å². The topological polar surface area (TPSA) is 95.6 Å². The van der Waals surface area contributed by atoms with Gasteiger partial charge >= 0.3 is 0 Å². The minimum absolute atomic E-state index is 0.270. The van der Waals surface area contributed by atoms with Crippen LogP contribution in [0.4, 0.5) is 5.69 Å². The Balaban J connectivity index is 1.49. The SMILES string of the molecule is COc1ccccc1N1CCN(S(=O)(=O)c2ccc(-c3ccc(=O)[nH]n3)s2)CC1. The summed E-state index contributed by atoms with van der Waals surface area (Å²) < 4.78 is 33.3. The van der Waals surface area contributed by atoms with Crippen molar-refractivity contribution in [3.8, 4) is 16.3 Å². The predicted octanol–water partition coefficient (Wildman–Crippen LogP) is 2.02. The lowest BCUT2D eigenvalue weighted by Gasteiger charge is -2.35. The van der Waals surface area contributed by atoms with Crippen LogP contribution >= 0.6 is 11.3 Å². The first kappa shape index (κ1) is 19.6. The lowest BCUT2D eigenvalue weighted by molar-refractivity contribution is 0.379. The Hall–Kier alpha value is -2.69. The van der Waals surface area contributed by atoms with Gasteiger partial charge in [0.1, 0.15) is 15.7 Å². The summed E-state index contributed by atoms with van der Waals surface area (Å²) in [5.41, 5.74) is 1.21. The van der Waals surface area contributed by atoms with Gasteiger partial charge in [0.25, 0.3) is 15.6 Å². The van der Waals surface area contributed by atoms with Gasteiger partial charge in [-0.25, -0.2) is 13.5 Å². The van der Waals surface area contributed by atoms with Crippen molar-refractivity contribution in [2.45, 2.75) is 4.21 Å². The van der Waals surface area contributed by atoms with E-state index in [0.29, 0.717) is 36.8 Å². The highest BCUT2D eigenvalue weighted by molar-refractivity contribution is 7.91. The molecule has 0 aliphatic carbocycles. The van der Waals surface area contributed by atoms with Crippen molar-refractivity contribution < 1.29 is 13.2 Å². The molecule has 152 valence electrons. The van der Waals surface area contributed by atoms with E-state index in [1.54, 1.807) is 25.3 Å². The van der Waals surface area contributed by atoms with Gasteiger partial charge < -0.3 is 9.64 Å². The van der Waals surface area contributed by atoms with Gasteiger partial charge in [-0.15, -0.1) is 11.3 Å². The fourth-order valence-corrected chi connectivity index (χ4v) is 6.12. The summed E-state index contributed by atoms with van der Waals surface area (Å²) in [6.45, 7) is 1.95. The van der Waals surface area contributed by atoms with Crippen LogP contribution in [0.15, 0.2) is 57.5 Å². The van der Waals surface area contributed by atoms with Crippen molar-refractivity contribution in [1.82, 2.24) is 14.5 Å². The maximum absolute atomic E-state index is 13.1. The molecule has 1 aliphatic heterocycles. The van der Waals surface area contributed by atoms with Crippen LogP contribution in [0, 0.1) is 0 Å². The second-order valence-electron chi connectivity index (χ2n) is 6.49. The predicted molar refractivity (Wildman–Crippen MR) is 112 cm³/mol. The number of aromatic nitrogens is 2. The molecular formula is C19H20N4O4S2. The first-order valence-electron chi connectivity index (χ1n) is 9.03. The van der Waals surface area contributed by atoms with E-state index in [1.807, 2.05) is 24.3 Å². The summed E-state index contributed by atoms with van der Waals surface area (Å²) in [6.07, 6.45) is 0.